The molecule has 1 heterocycles. The highest BCUT2D eigenvalue weighted by Crippen LogP contribution is 2.71. The van der Waals surface area contributed by atoms with Crippen LogP contribution in [0.5, 0.6) is 0 Å². The summed E-state index contributed by atoms with van der Waals surface area (Å²) in [5.74, 6) is 1.67. The molecule has 0 saturated heterocycles. The van der Waals surface area contributed by atoms with Crippen LogP contribution in [-0.2, 0) is 21.4 Å². The molecule has 5 rings (SSSR count). The van der Waals surface area contributed by atoms with Crippen molar-refractivity contribution in [2.75, 3.05) is 0 Å². The van der Waals surface area contributed by atoms with E-state index in [0.29, 0.717) is 24.7 Å². The van der Waals surface area contributed by atoms with Gasteiger partial charge in [-0.3, -0.25) is 4.79 Å². The van der Waals surface area contributed by atoms with E-state index in [0.717, 1.165) is 80.5 Å². The molecule has 1 aromatic heterocycles. The Balaban J connectivity index is 1.52. The van der Waals surface area contributed by atoms with Crippen molar-refractivity contribution in [2.24, 2.45) is 28.6 Å². The first-order chi connectivity index (χ1) is 20.3. The topological polar surface area (TPSA) is 95.4 Å². The number of aliphatic hydroxyl groups is 2. The number of imidazole rings is 1. The van der Waals surface area contributed by atoms with Crippen molar-refractivity contribution in [2.45, 2.75) is 142 Å². The number of H-pyrrole nitrogens is 1. The largest absolute Gasteiger partial charge is 0.461 e. The lowest BCUT2D eigenvalue weighted by Crippen LogP contribution is -2.50. The molecular formula is C37H56N2O4. The van der Waals surface area contributed by atoms with Crippen LogP contribution in [0.1, 0.15) is 124 Å². The second kappa shape index (κ2) is 12.3. The lowest BCUT2D eigenvalue weighted by Gasteiger charge is -2.55. The van der Waals surface area contributed by atoms with Crippen molar-refractivity contribution in [1.82, 2.24) is 9.97 Å². The van der Waals surface area contributed by atoms with Crippen molar-refractivity contribution >= 4 is 5.97 Å². The number of aromatic amines is 1. The first kappa shape index (κ1) is 32.2. The van der Waals surface area contributed by atoms with Crippen LogP contribution in [0, 0.1) is 28.6 Å². The van der Waals surface area contributed by atoms with Crippen LogP contribution in [-0.4, -0.2) is 44.5 Å². The molecule has 0 aliphatic heterocycles. The predicted octanol–water partition coefficient (Wildman–Crippen LogP) is 7.52. The third kappa shape index (κ3) is 5.72. The van der Waals surface area contributed by atoms with Crippen molar-refractivity contribution < 1.29 is 19.7 Å². The number of nitrogens with zero attached hydrogens (tertiary/aromatic N) is 1. The minimum atomic E-state index is -0.665. The fourth-order valence-corrected chi connectivity index (χ4v) is 9.65. The molecular weight excluding hydrogens is 536 g/mol. The van der Waals surface area contributed by atoms with E-state index in [-0.39, 0.29) is 28.8 Å². The minimum absolute atomic E-state index is 0.0938. The molecule has 3 N–H and O–H groups in total. The van der Waals surface area contributed by atoms with Gasteiger partial charge in [0.05, 0.1) is 29.2 Å². The number of nitrogens with one attached hydrogen (secondary N) is 1. The van der Waals surface area contributed by atoms with E-state index >= 15 is 0 Å². The van der Waals surface area contributed by atoms with E-state index in [9.17, 15) is 15.0 Å². The molecule has 4 aliphatic carbocycles. The lowest BCUT2D eigenvalue weighted by molar-refractivity contribution is -0.158. The number of carbonyl (C=O) groups is 1. The summed E-state index contributed by atoms with van der Waals surface area (Å²) in [6.45, 7) is 17.5. The normalized spacial score (nSPS) is 40.3. The smallest absolute Gasteiger partial charge is 0.308 e. The maximum atomic E-state index is 13.0. The maximum absolute atomic E-state index is 13.0. The van der Waals surface area contributed by atoms with Gasteiger partial charge >= 0.3 is 5.97 Å². The van der Waals surface area contributed by atoms with Crippen LogP contribution in [0.25, 0.3) is 0 Å². The Morgan fingerprint density at radius 3 is 2.70 bits per heavy atom. The average molecular weight is 593 g/mol. The zero-order valence-corrected chi connectivity index (χ0v) is 27.5. The third-order valence-corrected chi connectivity index (χ3v) is 12.3. The van der Waals surface area contributed by atoms with Gasteiger partial charge in [0.2, 0.25) is 0 Å². The number of rotatable bonds is 6. The van der Waals surface area contributed by atoms with Gasteiger partial charge in [-0.15, -0.1) is 0 Å². The maximum Gasteiger partial charge on any atom is 0.308 e. The van der Waals surface area contributed by atoms with Crippen molar-refractivity contribution in [3.63, 3.8) is 0 Å². The summed E-state index contributed by atoms with van der Waals surface area (Å²) >= 11 is 0. The Bertz CT molecular complexity index is 1260. The monoisotopic (exact) mass is 592 g/mol. The van der Waals surface area contributed by atoms with Crippen molar-refractivity contribution in [3.05, 3.63) is 53.2 Å². The molecule has 0 bridgehead atoms. The number of hydrogen-bond donors (Lipinski definition) is 3. The first-order valence-electron chi connectivity index (χ1n) is 17.0. The number of esters is 1. The highest BCUT2D eigenvalue weighted by Gasteiger charge is 2.64. The molecule has 238 valence electrons. The van der Waals surface area contributed by atoms with Gasteiger partial charge in [-0.05, 0) is 105 Å². The molecule has 1 unspecified atom stereocenters. The number of fused-ring (bicyclic) bond motifs is 2. The highest BCUT2D eigenvalue weighted by molar-refractivity contribution is 5.71. The highest BCUT2D eigenvalue weighted by atomic mass is 16.5. The van der Waals surface area contributed by atoms with Crippen molar-refractivity contribution in [3.8, 4) is 0 Å². The van der Waals surface area contributed by atoms with Crippen LogP contribution >= 0.6 is 0 Å². The molecule has 4 aliphatic rings. The molecule has 4 fully saturated rings. The van der Waals surface area contributed by atoms with Gasteiger partial charge in [-0.25, -0.2) is 4.98 Å². The minimum Gasteiger partial charge on any atom is -0.461 e. The summed E-state index contributed by atoms with van der Waals surface area (Å²) in [6, 6.07) is 0. The first-order valence-corrected chi connectivity index (χ1v) is 17.0. The number of aliphatic hydroxyl groups excluding tert-OH is 2. The number of carbonyl (C=O) groups excluding carboxylic acids is 1. The Kier molecular flexibility index (Phi) is 9.22. The summed E-state index contributed by atoms with van der Waals surface area (Å²) in [4.78, 5) is 21.8. The molecule has 6 heteroatoms. The van der Waals surface area contributed by atoms with Crippen molar-refractivity contribution in [1.29, 1.82) is 0 Å². The second-order valence-corrected chi connectivity index (χ2v) is 15.2. The molecule has 4 saturated carbocycles. The number of hydrogen-bond acceptors (Lipinski definition) is 5. The summed E-state index contributed by atoms with van der Waals surface area (Å²) in [7, 11) is 0. The average Bonchev–Trinajstić information content (AvgIpc) is 3.52. The third-order valence-electron chi connectivity index (χ3n) is 12.3. The van der Waals surface area contributed by atoms with E-state index in [1.54, 1.807) is 0 Å². The van der Waals surface area contributed by atoms with E-state index < -0.39 is 17.6 Å². The zero-order valence-electron chi connectivity index (χ0n) is 27.5. The summed E-state index contributed by atoms with van der Waals surface area (Å²) in [5.41, 5.74) is 4.12. The van der Waals surface area contributed by atoms with Gasteiger partial charge in [0.15, 0.2) is 0 Å². The fraction of sp³-hybridized carbons (Fsp3) is 0.730. The summed E-state index contributed by atoms with van der Waals surface area (Å²) in [5, 5.41) is 20.7. The number of aromatic nitrogens is 2. The number of aryl methyl sites for hydroxylation is 1. The van der Waals surface area contributed by atoms with Gasteiger partial charge in [-0.2, -0.15) is 0 Å². The molecule has 8 atom stereocenters. The molecule has 1 aromatic rings. The molecule has 0 radical (unpaired) electrons. The second-order valence-electron chi connectivity index (χ2n) is 15.2. The van der Waals surface area contributed by atoms with Crippen LogP contribution in [0.3, 0.4) is 0 Å². The number of ether oxygens (including phenoxy) is 1. The number of allylic oxidation sites excluding steroid dienone is 3. The quantitative estimate of drug-likeness (QED) is 0.297. The van der Waals surface area contributed by atoms with E-state index in [4.69, 9.17) is 9.72 Å². The van der Waals surface area contributed by atoms with Crippen LogP contribution in [0.15, 0.2) is 41.6 Å². The Hall–Kier alpha value is -2.18. The molecule has 6 nitrogen and oxygen atoms in total. The SMILES string of the molecule is C=C1/C(=C\C=C2/CCC[C@@]3(C)[C@H]2CC[C@]32CC(C)(c3nc(CCC)c[nH]3)[C@H](OC(=O)C(C)C)CC[C@H]2C)C[C@@H](O)C[C@@H]1O. The van der Waals surface area contributed by atoms with Gasteiger partial charge in [0.25, 0.3) is 0 Å². The summed E-state index contributed by atoms with van der Waals surface area (Å²) < 4.78 is 6.38. The molecule has 1 spiro atoms. The molecule has 43 heavy (non-hydrogen) atoms. The van der Waals surface area contributed by atoms with Crippen LogP contribution in [0.4, 0.5) is 0 Å². The Morgan fingerprint density at radius 2 is 1.98 bits per heavy atom. The Morgan fingerprint density at radius 1 is 1.21 bits per heavy atom. The standard InChI is InChI=1S/C37H56N2O4/c1-8-10-28-21-38-34(39-28)35(6)22-37(24(4)12-15-32(35)43-33(42)23(2)3)18-16-30-26(11-9-17-36(30,37)7)13-14-27-19-29(40)20-31(41)25(27)5/h13-14,21,23-24,29-32,40-41H,5,8-12,15-20,22H2,1-4,6-7H3,(H,38,39)/b26-13+,27-14-/t24-,29-,30+,31+,32-,35?,36+,37-/m1/s1. The molecule has 0 amide bonds. The predicted molar refractivity (Wildman–Crippen MR) is 171 cm³/mol. The molecule has 0 aromatic carbocycles. The van der Waals surface area contributed by atoms with Gasteiger partial charge in [-0.1, -0.05) is 65.3 Å². The van der Waals surface area contributed by atoms with Gasteiger partial charge in [0, 0.05) is 12.6 Å². The van der Waals surface area contributed by atoms with Gasteiger partial charge in [0.1, 0.15) is 11.9 Å². The van der Waals surface area contributed by atoms with E-state index in [1.165, 1.54) is 12.0 Å². The van der Waals surface area contributed by atoms with E-state index in [2.05, 4.69) is 57.6 Å². The fourth-order valence-electron chi connectivity index (χ4n) is 9.65. The van der Waals surface area contributed by atoms with Crippen LogP contribution < -0.4 is 0 Å². The zero-order chi connectivity index (χ0) is 31.2. The van der Waals surface area contributed by atoms with E-state index in [1.807, 2.05) is 13.8 Å². The Labute approximate surface area is 259 Å². The van der Waals surface area contributed by atoms with Crippen LogP contribution in [0.2, 0.25) is 0 Å². The van der Waals surface area contributed by atoms with Gasteiger partial charge < -0.3 is 19.9 Å². The lowest BCUT2D eigenvalue weighted by atomic mass is 9.50. The summed E-state index contributed by atoms with van der Waals surface area (Å²) in [6.07, 6.45) is 16.6.